The molecule has 1 fully saturated rings. The number of aromatic nitrogens is 4. The molecule has 5 rings (SSSR count). The molecule has 2 aromatic heterocycles. The molecule has 180 valence electrons. The first kappa shape index (κ1) is 23.3. The van der Waals surface area contributed by atoms with E-state index in [0.717, 1.165) is 36.3 Å². The lowest BCUT2D eigenvalue weighted by molar-refractivity contribution is 0.0622. The summed E-state index contributed by atoms with van der Waals surface area (Å²) in [4.78, 5) is 21.7. The first-order valence-electron chi connectivity index (χ1n) is 11.7. The van der Waals surface area contributed by atoms with E-state index in [2.05, 4.69) is 63.4 Å². The van der Waals surface area contributed by atoms with Gasteiger partial charge in [-0.25, -0.2) is 4.98 Å². The van der Waals surface area contributed by atoms with Crippen LogP contribution in [0.1, 0.15) is 33.3 Å². The maximum atomic E-state index is 13.0. The number of benzene rings is 2. The molecule has 0 unspecified atom stereocenters. The second kappa shape index (κ2) is 10.5. The number of piperazine rings is 1. The quantitative estimate of drug-likeness (QED) is 0.362. The minimum Gasteiger partial charge on any atom is -0.447 e. The normalized spacial score (nSPS) is 14.4. The Morgan fingerprint density at radius 3 is 2.57 bits per heavy atom. The van der Waals surface area contributed by atoms with Crippen LogP contribution in [0, 0.1) is 13.8 Å². The van der Waals surface area contributed by atoms with Gasteiger partial charge in [0.2, 0.25) is 5.89 Å². The summed E-state index contributed by atoms with van der Waals surface area (Å²) in [5, 5.41) is 9.31. The van der Waals surface area contributed by atoms with Crippen molar-refractivity contribution in [3.63, 3.8) is 0 Å². The molecule has 1 aliphatic rings. The van der Waals surface area contributed by atoms with Gasteiger partial charge in [0.25, 0.3) is 5.91 Å². The second-order valence-electron chi connectivity index (χ2n) is 8.67. The van der Waals surface area contributed by atoms with Crippen molar-refractivity contribution in [2.75, 3.05) is 26.2 Å². The van der Waals surface area contributed by atoms with Gasteiger partial charge in [-0.05, 0) is 37.1 Å². The van der Waals surface area contributed by atoms with Crippen LogP contribution < -0.4 is 0 Å². The molecule has 1 amide bonds. The summed E-state index contributed by atoms with van der Waals surface area (Å²) < 4.78 is 7.64. The minimum absolute atomic E-state index is 0.0804. The highest BCUT2D eigenvalue weighted by Crippen LogP contribution is 2.25. The number of amides is 1. The van der Waals surface area contributed by atoms with Gasteiger partial charge >= 0.3 is 0 Å². The van der Waals surface area contributed by atoms with E-state index in [1.807, 2.05) is 34.6 Å². The number of hydrogen-bond acceptors (Lipinski definition) is 7. The zero-order valence-corrected chi connectivity index (χ0v) is 20.7. The molecule has 0 spiro atoms. The highest BCUT2D eigenvalue weighted by Gasteiger charge is 2.24. The first-order chi connectivity index (χ1) is 17.1. The van der Waals surface area contributed by atoms with Crippen molar-refractivity contribution in [2.45, 2.75) is 31.3 Å². The Morgan fingerprint density at radius 1 is 1.00 bits per heavy atom. The average Bonchev–Trinajstić information content (AvgIpc) is 3.50. The molecule has 1 saturated heterocycles. The van der Waals surface area contributed by atoms with Crippen LogP contribution in [0.3, 0.4) is 0 Å². The van der Waals surface area contributed by atoms with E-state index in [0.29, 0.717) is 30.4 Å². The molecule has 0 N–H and O–H groups in total. The number of thioether (sulfide) groups is 1. The van der Waals surface area contributed by atoms with Crippen LogP contribution in [0.2, 0.25) is 0 Å². The van der Waals surface area contributed by atoms with Crippen molar-refractivity contribution in [2.24, 2.45) is 0 Å². The van der Waals surface area contributed by atoms with Gasteiger partial charge in [-0.3, -0.25) is 14.3 Å². The fraction of sp³-hybridized carbons (Fsp3) is 0.308. The summed E-state index contributed by atoms with van der Waals surface area (Å²) in [7, 11) is 0. The third kappa shape index (κ3) is 5.47. The molecule has 3 heterocycles. The number of aryl methyl sites for hydroxylation is 2. The van der Waals surface area contributed by atoms with Gasteiger partial charge in [0.05, 0.1) is 5.75 Å². The molecule has 2 aromatic carbocycles. The number of rotatable bonds is 7. The van der Waals surface area contributed by atoms with Crippen LogP contribution in [-0.2, 0) is 12.3 Å². The third-order valence-electron chi connectivity index (χ3n) is 6.06. The van der Waals surface area contributed by atoms with Gasteiger partial charge in [0.1, 0.15) is 12.1 Å². The zero-order valence-electron chi connectivity index (χ0n) is 19.9. The van der Waals surface area contributed by atoms with Crippen LogP contribution in [0.4, 0.5) is 0 Å². The molecule has 9 heteroatoms. The van der Waals surface area contributed by atoms with Gasteiger partial charge in [-0.2, -0.15) is 0 Å². The van der Waals surface area contributed by atoms with E-state index in [1.54, 1.807) is 0 Å². The summed E-state index contributed by atoms with van der Waals surface area (Å²) >= 11 is 1.48. The monoisotopic (exact) mass is 488 g/mol. The molecule has 8 nitrogen and oxygen atoms in total. The maximum absolute atomic E-state index is 13.0. The van der Waals surface area contributed by atoms with Gasteiger partial charge in [-0.1, -0.05) is 54.2 Å². The molecule has 1 aliphatic heterocycles. The Morgan fingerprint density at radius 2 is 1.80 bits per heavy atom. The van der Waals surface area contributed by atoms with E-state index < -0.39 is 0 Å². The summed E-state index contributed by atoms with van der Waals surface area (Å²) in [6.07, 6.45) is 1.46. The summed E-state index contributed by atoms with van der Waals surface area (Å²) in [6.45, 7) is 7.94. The van der Waals surface area contributed by atoms with E-state index in [-0.39, 0.29) is 5.91 Å². The fourth-order valence-corrected chi connectivity index (χ4v) is 5.07. The molecular formula is C26H28N6O2S. The van der Waals surface area contributed by atoms with Crippen molar-refractivity contribution >= 4 is 17.7 Å². The maximum Gasteiger partial charge on any atom is 0.275 e. The zero-order chi connectivity index (χ0) is 24.2. The predicted octanol–water partition coefficient (Wildman–Crippen LogP) is 4.12. The minimum atomic E-state index is -0.0804. The standard InChI is InChI=1S/C26H28N6O2S/c1-19-7-6-10-22(15-19)32-20(2)28-29-26(32)35-18-24-27-23(17-34-24)25(33)31-13-11-30(12-14-31)16-21-8-4-3-5-9-21/h3-10,15,17H,11-14,16,18H2,1-2H3. The topological polar surface area (TPSA) is 80.3 Å². The van der Waals surface area contributed by atoms with Crippen molar-refractivity contribution < 1.29 is 9.21 Å². The van der Waals surface area contributed by atoms with Crippen LogP contribution in [0.15, 0.2) is 70.4 Å². The van der Waals surface area contributed by atoms with Crippen molar-refractivity contribution in [3.05, 3.63) is 89.4 Å². The second-order valence-corrected chi connectivity index (χ2v) is 9.62. The van der Waals surface area contributed by atoms with Gasteiger partial charge < -0.3 is 9.32 Å². The van der Waals surface area contributed by atoms with Crippen molar-refractivity contribution in [1.29, 1.82) is 0 Å². The molecule has 4 aromatic rings. The lowest BCUT2D eigenvalue weighted by Crippen LogP contribution is -2.48. The van der Waals surface area contributed by atoms with Crippen LogP contribution in [-0.4, -0.2) is 61.6 Å². The Balaban J connectivity index is 1.17. The number of nitrogens with zero attached hydrogens (tertiary/aromatic N) is 6. The van der Waals surface area contributed by atoms with Crippen molar-refractivity contribution in [3.8, 4) is 5.69 Å². The van der Waals surface area contributed by atoms with Gasteiger partial charge in [-0.15, -0.1) is 10.2 Å². The molecular weight excluding hydrogens is 460 g/mol. The SMILES string of the molecule is Cc1cccc(-n2c(C)nnc2SCc2nc(C(=O)N3CCN(Cc4ccccc4)CC3)co2)c1. The van der Waals surface area contributed by atoms with Gasteiger partial charge in [0.15, 0.2) is 10.9 Å². The Kier molecular flexibility index (Phi) is 6.96. The number of carbonyl (C=O) groups excluding carboxylic acids is 1. The van der Waals surface area contributed by atoms with Gasteiger partial charge in [0, 0.05) is 38.4 Å². The summed E-state index contributed by atoms with van der Waals surface area (Å²) in [5.74, 6) is 1.69. The lowest BCUT2D eigenvalue weighted by Gasteiger charge is -2.34. The van der Waals surface area contributed by atoms with E-state index >= 15 is 0 Å². The highest BCUT2D eigenvalue weighted by molar-refractivity contribution is 7.98. The molecule has 0 radical (unpaired) electrons. The molecule has 0 saturated carbocycles. The molecule has 0 bridgehead atoms. The Labute approximate surface area is 209 Å². The number of hydrogen-bond donors (Lipinski definition) is 0. The summed E-state index contributed by atoms with van der Waals surface area (Å²) in [6, 6.07) is 18.6. The van der Waals surface area contributed by atoms with Crippen LogP contribution >= 0.6 is 11.8 Å². The number of oxazole rings is 1. The van der Waals surface area contributed by atoms with Crippen molar-refractivity contribution in [1.82, 2.24) is 29.5 Å². The molecule has 0 atom stereocenters. The van der Waals surface area contributed by atoms with Crippen LogP contribution in [0.25, 0.3) is 5.69 Å². The highest BCUT2D eigenvalue weighted by atomic mass is 32.2. The van der Waals surface area contributed by atoms with Crippen LogP contribution in [0.5, 0.6) is 0 Å². The molecule has 35 heavy (non-hydrogen) atoms. The van der Waals surface area contributed by atoms with E-state index in [1.165, 1.54) is 29.2 Å². The Hall–Kier alpha value is -3.43. The lowest BCUT2D eigenvalue weighted by atomic mass is 10.2. The first-order valence-corrected chi connectivity index (χ1v) is 12.7. The molecule has 0 aliphatic carbocycles. The average molecular weight is 489 g/mol. The number of carbonyl (C=O) groups is 1. The third-order valence-corrected chi connectivity index (χ3v) is 6.97. The Bertz CT molecular complexity index is 1290. The largest absolute Gasteiger partial charge is 0.447 e. The summed E-state index contributed by atoms with van der Waals surface area (Å²) in [5.41, 5.74) is 3.83. The van der Waals surface area contributed by atoms with E-state index in [9.17, 15) is 4.79 Å². The fourth-order valence-electron chi connectivity index (χ4n) is 4.22. The smallest absolute Gasteiger partial charge is 0.275 e. The predicted molar refractivity (Wildman–Crippen MR) is 135 cm³/mol. The van der Waals surface area contributed by atoms with E-state index in [4.69, 9.17) is 4.42 Å².